The second kappa shape index (κ2) is 5.20. The fourth-order valence-corrected chi connectivity index (χ4v) is 1.26. The molecule has 72 valence electrons. The summed E-state index contributed by atoms with van der Waals surface area (Å²) in [6, 6.07) is 6.34. The van der Waals surface area contributed by atoms with Crippen molar-refractivity contribution in [3.63, 3.8) is 0 Å². The van der Waals surface area contributed by atoms with Gasteiger partial charge in [-0.05, 0) is 26.1 Å². The van der Waals surface area contributed by atoms with E-state index in [9.17, 15) is 0 Å². The molecule has 13 heavy (non-hydrogen) atoms. The molecule has 1 aromatic rings. The van der Waals surface area contributed by atoms with Crippen LogP contribution in [0.4, 0.5) is 0 Å². The molecule has 1 aromatic heterocycles. The van der Waals surface area contributed by atoms with E-state index in [1.807, 2.05) is 24.4 Å². The van der Waals surface area contributed by atoms with Gasteiger partial charge in [0.15, 0.2) is 0 Å². The standard InChI is InChI=1S/C10H15ClN2/c1-9(7-11)13(2)8-10-5-3-4-6-12-10/h3-6,9H,7-8H2,1-2H3. The number of nitrogens with zero attached hydrogens (tertiary/aromatic N) is 2. The smallest absolute Gasteiger partial charge is 0.0543 e. The Kier molecular flexibility index (Phi) is 4.19. The maximum atomic E-state index is 5.75. The zero-order valence-electron chi connectivity index (χ0n) is 8.07. The molecule has 1 unspecified atom stereocenters. The highest BCUT2D eigenvalue weighted by atomic mass is 35.5. The number of aromatic nitrogens is 1. The van der Waals surface area contributed by atoms with Crippen LogP contribution in [-0.2, 0) is 6.54 Å². The third-order valence-electron chi connectivity index (χ3n) is 2.11. The molecular weight excluding hydrogens is 184 g/mol. The van der Waals surface area contributed by atoms with Crippen LogP contribution in [0.2, 0.25) is 0 Å². The van der Waals surface area contributed by atoms with Gasteiger partial charge in [-0.1, -0.05) is 6.07 Å². The third kappa shape index (κ3) is 3.33. The summed E-state index contributed by atoms with van der Waals surface area (Å²) in [6.45, 7) is 2.96. The molecular formula is C10H15ClN2. The fourth-order valence-electron chi connectivity index (χ4n) is 1.02. The quantitative estimate of drug-likeness (QED) is 0.690. The van der Waals surface area contributed by atoms with Gasteiger partial charge in [-0.25, -0.2) is 0 Å². The largest absolute Gasteiger partial charge is 0.297 e. The average molecular weight is 199 g/mol. The zero-order valence-corrected chi connectivity index (χ0v) is 8.83. The minimum atomic E-state index is 0.392. The Balaban J connectivity index is 2.50. The lowest BCUT2D eigenvalue weighted by atomic mass is 10.3. The van der Waals surface area contributed by atoms with Gasteiger partial charge in [0, 0.05) is 24.7 Å². The summed E-state index contributed by atoms with van der Waals surface area (Å²) >= 11 is 5.75. The van der Waals surface area contributed by atoms with Crippen molar-refractivity contribution < 1.29 is 0 Å². The predicted octanol–water partition coefficient (Wildman–Crippen LogP) is 2.14. The maximum absolute atomic E-state index is 5.75. The number of rotatable bonds is 4. The normalized spacial score (nSPS) is 13.2. The topological polar surface area (TPSA) is 16.1 Å². The molecule has 0 saturated carbocycles. The van der Waals surface area contributed by atoms with Crippen LogP contribution in [0.5, 0.6) is 0 Å². The van der Waals surface area contributed by atoms with Gasteiger partial charge in [0.05, 0.1) is 5.69 Å². The molecule has 0 aliphatic rings. The molecule has 0 N–H and O–H groups in total. The zero-order chi connectivity index (χ0) is 9.68. The van der Waals surface area contributed by atoms with E-state index in [1.165, 1.54) is 0 Å². The van der Waals surface area contributed by atoms with E-state index in [2.05, 4.69) is 23.9 Å². The van der Waals surface area contributed by atoms with Crippen LogP contribution < -0.4 is 0 Å². The van der Waals surface area contributed by atoms with Gasteiger partial charge in [0.1, 0.15) is 0 Å². The molecule has 0 aliphatic carbocycles. The lowest BCUT2D eigenvalue weighted by Crippen LogP contribution is -2.30. The highest BCUT2D eigenvalue weighted by Gasteiger charge is 2.07. The monoisotopic (exact) mass is 198 g/mol. The number of halogens is 1. The second-order valence-electron chi connectivity index (χ2n) is 3.24. The molecule has 0 aromatic carbocycles. The van der Waals surface area contributed by atoms with Crippen molar-refractivity contribution in [3.8, 4) is 0 Å². The van der Waals surface area contributed by atoms with Gasteiger partial charge < -0.3 is 0 Å². The number of hydrogen-bond acceptors (Lipinski definition) is 2. The summed E-state index contributed by atoms with van der Waals surface area (Å²) in [5.41, 5.74) is 1.09. The fraction of sp³-hybridized carbons (Fsp3) is 0.500. The average Bonchev–Trinajstić information content (AvgIpc) is 2.18. The molecule has 0 fully saturated rings. The summed E-state index contributed by atoms with van der Waals surface area (Å²) in [6.07, 6.45) is 1.81. The summed E-state index contributed by atoms with van der Waals surface area (Å²) in [4.78, 5) is 6.44. The van der Waals surface area contributed by atoms with Crippen molar-refractivity contribution >= 4 is 11.6 Å². The van der Waals surface area contributed by atoms with E-state index in [4.69, 9.17) is 11.6 Å². The van der Waals surface area contributed by atoms with E-state index in [0.29, 0.717) is 11.9 Å². The SMILES string of the molecule is CC(CCl)N(C)Cc1ccccn1. The molecule has 0 saturated heterocycles. The molecule has 0 aliphatic heterocycles. The lowest BCUT2D eigenvalue weighted by molar-refractivity contribution is 0.265. The first-order valence-electron chi connectivity index (χ1n) is 4.40. The van der Waals surface area contributed by atoms with E-state index in [-0.39, 0.29) is 0 Å². The van der Waals surface area contributed by atoms with E-state index < -0.39 is 0 Å². The van der Waals surface area contributed by atoms with Crippen molar-refractivity contribution in [2.45, 2.75) is 19.5 Å². The molecule has 1 rings (SSSR count). The first-order chi connectivity index (χ1) is 6.24. The Labute approximate surface area is 84.5 Å². The Hall–Kier alpha value is -0.600. The van der Waals surface area contributed by atoms with Gasteiger partial charge >= 0.3 is 0 Å². The van der Waals surface area contributed by atoms with Crippen LogP contribution in [0.3, 0.4) is 0 Å². The second-order valence-corrected chi connectivity index (χ2v) is 3.55. The maximum Gasteiger partial charge on any atom is 0.0543 e. The summed E-state index contributed by atoms with van der Waals surface area (Å²) in [5, 5.41) is 0. The first-order valence-corrected chi connectivity index (χ1v) is 4.93. The highest BCUT2D eigenvalue weighted by molar-refractivity contribution is 6.18. The summed E-state index contributed by atoms with van der Waals surface area (Å²) in [7, 11) is 2.06. The Morgan fingerprint density at radius 1 is 1.54 bits per heavy atom. The number of pyridine rings is 1. The number of alkyl halides is 1. The van der Waals surface area contributed by atoms with Crippen LogP contribution in [0.25, 0.3) is 0 Å². The molecule has 0 bridgehead atoms. The summed E-state index contributed by atoms with van der Waals surface area (Å²) in [5.74, 6) is 0.656. The highest BCUT2D eigenvalue weighted by Crippen LogP contribution is 2.04. The molecule has 0 radical (unpaired) electrons. The van der Waals surface area contributed by atoms with Gasteiger partial charge in [-0.3, -0.25) is 9.88 Å². The van der Waals surface area contributed by atoms with Crippen LogP contribution in [0.15, 0.2) is 24.4 Å². The molecule has 2 nitrogen and oxygen atoms in total. The summed E-state index contributed by atoms with van der Waals surface area (Å²) < 4.78 is 0. The number of hydrogen-bond donors (Lipinski definition) is 0. The van der Waals surface area contributed by atoms with Gasteiger partial charge in [0.2, 0.25) is 0 Å². The van der Waals surface area contributed by atoms with E-state index in [1.54, 1.807) is 0 Å². The Bertz CT molecular complexity index is 238. The van der Waals surface area contributed by atoms with Gasteiger partial charge in [-0.15, -0.1) is 11.6 Å². The van der Waals surface area contributed by atoms with Gasteiger partial charge in [-0.2, -0.15) is 0 Å². The third-order valence-corrected chi connectivity index (χ3v) is 2.56. The molecule has 1 heterocycles. The van der Waals surface area contributed by atoms with Crippen molar-refractivity contribution in [1.82, 2.24) is 9.88 Å². The van der Waals surface area contributed by atoms with Crippen LogP contribution in [0.1, 0.15) is 12.6 Å². The minimum absolute atomic E-state index is 0.392. The van der Waals surface area contributed by atoms with Crippen LogP contribution in [0, 0.1) is 0 Å². The van der Waals surface area contributed by atoms with Crippen molar-refractivity contribution in [3.05, 3.63) is 30.1 Å². The van der Waals surface area contributed by atoms with Crippen molar-refractivity contribution in [2.24, 2.45) is 0 Å². The van der Waals surface area contributed by atoms with E-state index >= 15 is 0 Å². The van der Waals surface area contributed by atoms with Crippen LogP contribution in [-0.4, -0.2) is 28.9 Å². The van der Waals surface area contributed by atoms with Crippen LogP contribution >= 0.6 is 11.6 Å². The lowest BCUT2D eigenvalue weighted by Gasteiger charge is -2.21. The molecule has 1 atom stereocenters. The Morgan fingerprint density at radius 2 is 2.31 bits per heavy atom. The first kappa shape index (κ1) is 10.5. The molecule has 0 amide bonds. The minimum Gasteiger partial charge on any atom is -0.297 e. The van der Waals surface area contributed by atoms with E-state index in [0.717, 1.165) is 12.2 Å². The van der Waals surface area contributed by atoms with Gasteiger partial charge in [0.25, 0.3) is 0 Å². The van der Waals surface area contributed by atoms with Crippen molar-refractivity contribution in [2.75, 3.05) is 12.9 Å². The molecule has 0 spiro atoms. The molecule has 3 heteroatoms. The van der Waals surface area contributed by atoms with Crippen molar-refractivity contribution in [1.29, 1.82) is 0 Å². The Morgan fingerprint density at radius 3 is 2.85 bits per heavy atom. The predicted molar refractivity (Wildman–Crippen MR) is 55.9 cm³/mol.